The number of nitrogens with one attached hydrogen (secondary N) is 1. The number of hydrogen-bond acceptors (Lipinski definition) is 5. The topological polar surface area (TPSA) is 89.5 Å². The minimum Gasteiger partial charge on any atom is -0.452 e. The molecule has 0 fully saturated rings. The summed E-state index contributed by atoms with van der Waals surface area (Å²) in [5.74, 6) is -0.522. The van der Waals surface area contributed by atoms with Gasteiger partial charge in [0.2, 0.25) is 0 Å². The van der Waals surface area contributed by atoms with Crippen molar-refractivity contribution in [3.8, 4) is 0 Å². The van der Waals surface area contributed by atoms with Gasteiger partial charge in [0.05, 0.1) is 16.5 Å². The molecule has 0 aliphatic carbocycles. The molecule has 1 amide bonds. The van der Waals surface area contributed by atoms with Gasteiger partial charge in [-0.25, -0.2) is 13.2 Å². The van der Waals surface area contributed by atoms with Crippen LogP contribution in [0.15, 0.2) is 53.4 Å². The van der Waals surface area contributed by atoms with Crippen LogP contribution in [0.3, 0.4) is 0 Å². The average molecular weight is 418 g/mol. The molecule has 0 radical (unpaired) electrons. The summed E-state index contributed by atoms with van der Waals surface area (Å²) in [6.07, 6.45) is 2.09. The lowest BCUT2D eigenvalue weighted by atomic mass is 10.00. The maximum Gasteiger partial charge on any atom is 0.338 e. The van der Waals surface area contributed by atoms with Crippen molar-refractivity contribution in [1.29, 1.82) is 0 Å². The summed E-state index contributed by atoms with van der Waals surface area (Å²) in [5.41, 5.74) is 2.39. The van der Waals surface area contributed by atoms with Crippen LogP contribution in [0.4, 0.5) is 0 Å². The number of hydrogen-bond donors (Lipinski definition) is 1. The molecule has 1 atom stereocenters. The van der Waals surface area contributed by atoms with Gasteiger partial charge in [-0.1, -0.05) is 38.1 Å². The maximum absolute atomic E-state index is 12.1. The Bertz CT molecular complexity index is 948. The molecule has 6 nitrogen and oxygen atoms in total. The van der Waals surface area contributed by atoms with E-state index in [0.29, 0.717) is 5.92 Å². The highest BCUT2D eigenvalue weighted by Gasteiger charge is 2.14. The monoisotopic (exact) mass is 417 g/mol. The van der Waals surface area contributed by atoms with Crippen molar-refractivity contribution in [3.05, 3.63) is 65.2 Å². The van der Waals surface area contributed by atoms with E-state index in [1.54, 1.807) is 0 Å². The van der Waals surface area contributed by atoms with E-state index in [-0.39, 0.29) is 16.5 Å². The fourth-order valence-electron chi connectivity index (χ4n) is 2.83. The molecule has 7 heteroatoms. The van der Waals surface area contributed by atoms with Crippen LogP contribution in [0.5, 0.6) is 0 Å². The first-order valence-corrected chi connectivity index (χ1v) is 11.3. The Balaban J connectivity index is 1.86. The summed E-state index contributed by atoms with van der Waals surface area (Å²) < 4.78 is 27.9. The third-order valence-corrected chi connectivity index (χ3v) is 5.48. The van der Waals surface area contributed by atoms with Crippen molar-refractivity contribution in [2.24, 2.45) is 5.92 Å². The first-order chi connectivity index (χ1) is 13.6. The van der Waals surface area contributed by atoms with Crippen LogP contribution < -0.4 is 5.32 Å². The second kappa shape index (κ2) is 9.69. The van der Waals surface area contributed by atoms with Crippen molar-refractivity contribution in [1.82, 2.24) is 5.32 Å². The fourth-order valence-corrected chi connectivity index (χ4v) is 3.46. The SMILES string of the molecule is CC(C)Cc1ccc([C@@H](C)NC(=O)COC(=O)c2ccc(S(C)(=O)=O)cc2)cc1. The zero-order valence-corrected chi connectivity index (χ0v) is 18.0. The van der Waals surface area contributed by atoms with Crippen LogP contribution in [0.1, 0.15) is 48.3 Å². The Morgan fingerprint density at radius 2 is 1.55 bits per heavy atom. The first kappa shape index (κ1) is 22.6. The Kier molecular flexibility index (Phi) is 7.56. The van der Waals surface area contributed by atoms with E-state index in [2.05, 4.69) is 31.3 Å². The van der Waals surface area contributed by atoms with Crippen LogP contribution in [0, 0.1) is 5.92 Å². The molecule has 0 aliphatic rings. The summed E-state index contributed by atoms with van der Waals surface area (Å²) in [6, 6.07) is 13.2. The highest BCUT2D eigenvalue weighted by atomic mass is 32.2. The summed E-state index contributed by atoms with van der Waals surface area (Å²) >= 11 is 0. The minimum absolute atomic E-state index is 0.111. The number of rotatable bonds is 8. The predicted octanol–water partition coefficient (Wildman–Crippen LogP) is 3.32. The van der Waals surface area contributed by atoms with Gasteiger partial charge in [-0.3, -0.25) is 4.79 Å². The van der Waals surface area contributed by atoms with Gasteiger partial charge < -0.3 is 10.1 Å². The Morgan fingerprint density at radius 3 is 2.07 bits per heavy atom. The van der Waals surface area contributed by atoms with Crippen LogP contribution in [-0.4, -0.2) is 33.2 Å². The third-order valence-electron chi connectivity index (χ3n) is 4.35. The van der Waals surface area contributed by atoms with E-state index in [9.17, 15) is 18.0 Å². The van der Waals surface area contributed by atoms with Gasteiger partial charge in [0.25, 0.3) is 5.91 Å². The Labute approximate surface area is 172 Å². The molecule has 156 valence electrons. The van der Waals surface area contributed by atoms with Gasteiger partial charge in [0.1, 0.15) is 0 Å². The van der Waals surface area contributed by atoms with E-state index >= 15 is 0 Å². The van der Waals surface area contributed by atoms with Crippen LogP contribution in [0.2, 0.25) is 0 Å². The fraction of sp³-hybridized carbons (Fsp3) is 0.364. The number of sulfone groups is 1. The molecule has 1 N–H and O–H groups in total. The molecule has 0 bridgehead atoms. The molecule has 2 aromatic rings. The van der Waals surface area contributed by atoms with Gasteiger partial charge in [0.15, 0.2) is 16.4 Å². The first-order valence-electron chi connectivity index (χ1n) is 9.41. The van der Waals surface area contributed by atoms with Gasteiger partial charge in [-0.05, 0) is 54.7 Å². The molecule has 2 rings (SSSR count). The molecule has 0 aromatic heterocycles. The summed E-state index contributed by atoms with van der Waals surface area (Å²) in [7, 11) is -3.34. The number of carbonyl (C=O) groups is 2. The van der Waals surface area contributed by atoms with E-state index in [1.807, 2.05) is 19.1 Å². The zero-order chi connectivity index (χ0) is 21.6. The van der Waals surface area contributed by atoms with Crippen molar-refractivity contribution >= 4 is 21.7 Å². The van der Waals surface area contributed by atoms with Crippen LogP contribution >= 0.6 is 0 Å². The second-order valence-electron chi connectivity index (χ2n) is 7.50. The Hall–Kier alpha value is -2.67. The Morgan fingerprint density at radius 1 is 0.966 bits per heavy atom. The zero-order valence-electron chi connectivity index (χ0n) is 17.1. The standard InChI is InChI=1S/C22H27NO5S/c1-15(2)13-17-5-7-18(8-6-17)16(3)23-21(24)14-28-22(25)19-9-11-20(12-10-19)29(4,26)27/h5-12,15-16H,13-14H2,1-4H3,(H,23,24)/t16-/m1/s1. The highest BCUT2D eigenvalue weighted by Crippen LogP contribution is 2.16. The molecule has 0 saturated heterocycles. The predicted molar refractivity (Wildman–Crippen MR) is 111 cm³/mol. The van der Waals surface area contributed by atoms with Crippen molar-refractivity contribution in [2.45, 2.75) is 38.1 Å². The van der Waals surface area contributed by atoms with E-state index < -0.39 is 28.3 Å². The lowest BCUT2D eigenvalue weighted by molar-refractivity contribution is -0.124. The lowest BCUT2D eigenvalue weighted by Crippen LogP contribution is -2.31. The number of carbonyl (C=O) groups excluding carboxylic acids is 2. The largest absolute Gasteiger partial charge is 0.452 e. The van der Waals surface area contributed by atoms with Crippen molar-refractivity contribution < 1.29 is 22.7 Å². The third kappa shape index (κ3) is 7.02. The molecular weight excluding hydrogens is 390 g/mol. The van der Waals surface area contributed by atoms with Gasteiger partial charge >= 0.3 is 5.97 Å². The van der Waals surface area contributed by atoms with Crippen molar-refractivity contribution in [3.63, 3.8) is 0 Å². The smallest absolute Gasteiger partial charge is 0.338 e. The van der Waals surface area contributed by atoms with Crippen LogP contribution in [0.25, 0.3) is 0 Å². The number of benzene rings is 2. The molecule has 29 heavy (non-hydrogen) atoms. The minimum atomic E-state index is -3.34. The van der Waals surface area contributed by atoms with E-state index in [4.69, 9.17) is 4.74 Å². The molecular formula is C22H27NO5S. The molecule has 0 saturated carbocycles. The van der Waals surface area contributed by atoms with Crippen molar-refractivity contribution in [2.75, 3.05) is 12.9 Å². The molecule has 0 aliphatic heterocycles. The molecule has 2 aromatic carbocycles. The molecule has 0 unspecified atom stereocenters. The lowest BCUT2D eigenvalue weighted by Gasteiger charge is -2.15. The van der Waals surface area contributed by atoms with Gasteiger partial charge in [-0.2, -0.15) is 0 Å². The van der Waals surface area contributed by atoms with Crippen LogP contribution in [-0.2, 0) is 25.8 Å². The average Bonchev–Trinajstić information content (AvgIpc) is 2.65. The summed E-state index contributed by atoms with van der Waals surface area (Å²) in [5, 5.41) is 2.80. The second-order valence-corrected chi connectivity index (χ2v) is 9.52. The van der Waals surface area contributed by atoms with E-state index in [1.165, 1.54) is 29.8 Å². The number of ether oxygens (including phenoxy) is 1. The summed E-state index contributed by atoms with van der Waals surface area (Å²) in [4.78, 5) is 24.2. The molecule has 0 heterocycles. The van der Waals surface area contributed by atoms with Gasteiger partial charge in [-0.15, -0.1) is 0 Å². The summed E-state index contributed by atoms with van der Waals surface area (Å²) in [6.45, 7) is 5.78. The molecule has 0 spiro atoms. The maximum atomic E-state index is 12.1. The number of esters is 1. The van der Waals surface area contributed by atoms with E-state index in [0.717, 1.165) is 18.2 Å². The normalized spacial score (nSPS) is 12.4. The highest BCUT2D eigenvalue weighted by molar-refractivity contribution is 7.90. The quantitative estimate of drug-likeness (QED) is 0.666. The number of amides is 1. The van der Waals surface area contributed by atoms with Gasteiger partial charge in [0, 0.05) is 6.26 Å².